The Morgan fingerprint density at radius 1 is 1.45 bits per heavy atom. The number of aromatic amines is 1. The summed E-state index contributed by atoms with van der Waals surface area (Å²) in [4.78, 5) is 6.91. The van der Waals surface area contributed by atoms with E-state index in [1.54, 1.807) is 19.3 Å². The molecule has 0 radical (unpaired) electrons. The number of anilines is 1. The zero-order valence-corrected chi connectivity index (χ0v) is 11.9. The predicted molar refractivity (Wildman–Crippen MR) is 74.7 cm³/mol. The van der Waals surface area contributed by atoms with Crippen molar-refractivity contribution < 1.29 is 13.2 Å². The summed E-state index contributed by atoms with van der Waals surface area (Å²) in [6, 6.07) is 3.89. The van der Waals surface area contributed by atoms with Crippen LogP contribution in [0, 0.1) is 0 Å². The minimum atomic E-state index is -3.74. The van der Waals surface area contributed by atoms with Crippen molar-refractivity contribution in [1.82, 2.24) is 14.7 Å². The first-order valence-electron chi connectivity index (χ1n) is 5.89. The van der Waals surface area contributed by atoms with Crippen molar-refractivity contribution in [2.45, 2.75) is 17.9 Å². The summed E-state index contributed by atoms with van der Waals surface area (Å²) in [7, 11) is -2.34. The molecule has 8 heteroatoms. The SMILES string of the molecule is COc1cc(N)ccc1S(=O)(=O)NC(C)c1ncc[nH]1. The summed E-state index contributed by atoms with van der Waals surface area (Å²) in [5.74, 6) is 0.729. The third kappa shape index (κ3) is 2.91. The summed E-state index contributed by atoms with van der Waals surface area (Å²) in [6.45, 7) is 1.69. The number of ether oxygens (including phenoxy) is 1. The van der Waals surface area contributed by atoms with E-state index in [0.29, 0.717) is 11.5 Å². The van der Waals surface area contributed by atoms with Crippen LogP contribution in [-0.4, -0.2) is 25.5 Å². The summed E-state index contributed by atoms with van der Waals surface area (Å²) >= 11 is 0. The number of rotatable bonds is 5. The standard InChI is InChI=1S/C12H16N4O3S/c1-8(12-14-5-6-15-12)16-20(17,18)11-4-3-9(13)7-10(11)19-2/h3-8,16H,13H2,1-2H3,(H,14,15). The molecule has 1 aromatic carbocycles. The topological polar surface area (TPSA) is 110 Å². The van der Waals surface area contributed by atoms with E-state index in [1.807, 2.05) is 0 Å². The van der Waals surface area contributed by atoms with Crippen molar-refractivity contribution in [2.24, 2.45) is 0 Å². The number of hydrogen-bond donors (Lipinski definition) is 3. The first-order chi connectivity index (χ1) is 9.44. The Morgan fingerprint density at radius 3 is 2.80 bits per heavy atom. The van der Waals surface area contributed by atoms with Crippen LogP contribution in [-0.2, 0) is 10.0 Å². The number of nitrogens with zero attached hydrogens (tertiary/aromatic N) is 1. The molecule has 108 valence electrons. The molecule has 7 nitrogen and oxygen atoms in total. The van der Waals surface area contributed by atoms with Gasteiger partial charge in [-0.3, -0.25) is 0 Å². The van der Waals surface area contributed by atoms with Crippen LogP contribution in [0.2, 0.25) is 0 Å². The molecule has 4 N–H and O–H groups in total. The summed E-state index contributed by atoms with van der Waals surface area (Å²) in [6.07, 6.45) is 3.19. The van der Waals surface area contributed by atoms with E-state index in [2.05, 4.69) is 14.7 Å². The lowest BCUT2D eigenvalue weighted by molar-refractivity contribution is 0.402. The Hall–Kier alpha value is -2.06. The molecule has 0 saturated carbocycles. The van der Waals surface area contributed by atoms with Crippen LogP contribution in [0.15, 0.2) is 35.5 Å². The molecule has 0 amide bonds. The third-order valence-corrected chi connectivity index (χ3v) is 4.32. The largest absolute Gasteiger partial charge is 0.495 e. The highest BCUT2D eigenvalue weighted by molar-refractivity contribution is 7.89. The van der Waals surface area contributed by atoms with E-state index in [1.165, 1.54) is 25.3 Å². The molecule has 2 rings (SSSR count). The normalized spacial score (nSPS) is 13.1. The molecule has 0 aliphatic heterocycles. The molecule has 20 heavy (non-hydrogen) atoms. The van der Waals surface area contributed by atoms with Crippen LogP contribution in [0.25, 0.3) is 0 Å². The molecule has 0 bridgehead atoms. The van der Waals surface area contributed by atoms with Crippen LogP contribution in [0.5, 0.6) is 5.75 Å². The molecular formula is C12H16N4O3S. The van der Waals surface area contributed by atoms with E-state index in [9.17, 15) is 8.42 Å². The van der Waals surface area contributed by atoms with Gasteiger partial charge in [0.15, 0.2) is 0 Å². The van der Waals surface area contributed by atoms with Crippen molar-refractivity contribution >= 4 is 15.7 Å². The number of methoxy groups -OCH3 is 1. The van der Waals surface area contributed by atoms with Gasteiger partial charge < -0.3 is 15.5 Å². The molecule has 0 aliphatic carbocycles. The Morgan fingerprint density at radius 2 is 2.20 bits per heavy atom. The number of nitrogens with one attached hydrogen (secondary N) is 2. The summed E-state index contributed by atoms with van der Waals surface area (Å²) in [5, 5.41) is 0. The molecule has 1 heterocycles. The second-order valence-corrected chi connectivity index (χ2v) is 5.91. The van der Waals surface area contributed by atoms with E-state index < -0.39 is 16.1 Å². The molecule has 1 aromatic heterocycles. The Balaban J connectivity index is 2.31. The van der Waals surface area contributed by atoms with Gasteiger partial charge in [0.25, 0.3) is 0 Å². The lowest BCUT2D eigenvalue weighted by atomic mass is 10.3. The van der Waals surface area contributed by atoms with Gasteiger partial charge in [-0.25, -0.2) is 18.1 Å². The van der Waals surface area contributed by atoms with E-state index in [-0.39, 0.29) is 10.6 Å². The minimum absolute atomic E-state index is 0.0348. The van der Waals surface area contributed by atoms with Crippen LogP contribution in [0.3, 0.4) is 0 Å². The number of imidazole rings is 1. The molecule has 0 fully saturated rings. The van der Waals surface area contributed by atoms with Gasteiger partial charge in [0.2, 0.25) is 10.0 Å². The zero-order chi connectivity index (χ0) is 14.8. The van der Waals surface area contributed by atoms with Crippen molar-refractivity contribution in [3.05, 3.63) is 36.4 Å². The second-order valence-electron chi connectivity index (χ2n) is 4.23. The fraction of sp³-hybridized carbons (Fsp3) is 0.250. The average Bonchev–Trinajstić information content (AvgIpc) is 2.91. The number of hydrogen-bond acceptors (Lipinski definition) is 5. The van der Waals surface area contributed by atoms with Crippen molar-refractivity contribution in [3.8, 4) is 5.75 Å². The van der Waals surface area contributed by atoms with Gasteiger partial charge in [-0.05, 0) is 19.1 Å². The van der Waals surface area contributed by atoms with Crippen molar-refractivity contribution in [3.63, 3.8) is 0 Å². The minimum Gasteiger partial charge on any atom is -0.495 e. The smallest absolute Gasteiger partial charge is 0.244 e. The number of benzene rings is 1. The number of aromatic nitrogens is 2. The van der Waals surface area contributed by atoms with Crippen LogP contribution in [0.1, 0.15) is 18.8 Å². The van der Waals surface area contributed by atoms with Gasteiger partial charge in [0, 0.05) is 24.1 Å². The Bertz CT molecular complexity index is 683. The lowest BCUT2D eigenvalue weighted by Gasteiger charge is -2.14. The summed E-state index contributed by atoms with van der Waals surface area (Å²) < 4.78 is 32.3. The van der Waals surface area contributed by atoms with Crippen LogP contribution >= 0.6 is 0 Å². The maximum Gasteiger partial charge on any atom is 0.244 e. The second kappa shape index (κ2) is 5.51. The average molecular weight is 296 g/mol. The van der Waals surface area contributed by atoms with E-state index >= 15 is 0 Å². The summed E-state index contributed by atoms with van der Waals surface area (Å²) in [5.41, 5.74) is 6.04. The lowest BCUT2D eigenvalue weighted by Crippen LogP contribution is -2.28. The van der Waals surface area contributed by atoms with Gasteiger partial charge >= 0.3 is 0 Å². The van der Waals surface area contributed by atoms with Gasteiger partial charge in [0.1, 0.15) is 16.5 Å². The van der Waals surface area contributed by atoms with Gasteiger partial charge in [-0.2, -0.15) is 0 Å². The van der Waals surface area contributed by atoms with Crippen LogP contribution in [0.4, 0.5) is 5.69 Å². The first kappa shape index (κ1) is 14.4. The highest BCUT2D eigenvalue weighted by Crippen LogP contribution is 2.26. The number of sulfonamides is 1. The fourth-order valence-corrected chi connectivity index (χ4v) is 3.13. The monoisotopic (exact) mass is 296 g/mol. The molecule has 2 aromatic rings. The van der Waals surface area contributed by atoms with Crippen molar-refractivity contribution in [1.29, 1.82) is 0 Å². The Labute approximate surface area is 117 Å². The maximum atomic E-state index is 12.4. The van der Waals surface area contributed by atoms with Gasteiger partial charge in [-0.1, -0.05) is 0 Å². The van der Waals surface area contributed by atoms with Crippen molar-refractivity contribution in [2.75, 3.05) is 12.8 Å². The molecule has 0 saturated heterocycles. The molecule has 0 spiro atoms. The van der Waals surface area contributed by atoms with Gasteiger partial charge in [-0.15, -0.1) is 0 Å². The number of nitrogen functional groups attached to an aromatic ring is 1. The van der Waals surface area contributed by atoms with E-state index in [0.717, 1.165) is 0 Å². The highest BCUT2D eigenvalue weighted by atomic mass is 32.2. The molecule has 1 unspecified atom stereocenters. The third-order valence-electron chi connectivity index (χ3n) is 2.74. The number of H-pyrrole nitrogens is 1. The first-order valence-corrected chi connectivity index (χ1v) is 7.37. The van der Waals surface area contributed by atoms with E-state index in [4.69, 9.17) is 10.5 Å². The quantitative estimate of drug-likeness (QED) is 0.714. The maximum absolute atomic E-state index is 12.4. The number of nitrogens with two attached hydrogens (primary N) is 1. The van der Waals surface area contributed by atoms with Gasteiger partial charge in [0.05, 0.1) is 13.2 Å². The fourth-order valence-electron chi connectivity index (χ4n) is 1.77. The zero-order valence-electron chi connectivity index (χ0n) is 11.1. The molecule has 1 atom stereocenters. The molecule has 0 aliphatic rings. The van der Waals surface area contributed by atoms with Crippen LogP contribution < -0.4 is 15.2 Å². The Kier molecular flexibility index (Phi) is 3.96. The molecular weight excluding hydrogens is 280 g/mol. The predicted octanol–water partition coefficient (Wildman–Crippen LogP) is 1.04. The highest BCUT2D eigenvalue weighted by Gasteiger charge is 2.23.